The Bertz CT molecular complexity index is 397. The first-order valence-electron chi connectivity index (χ1n) is 6.01. The molecule has 1 aliphatic rings. The van der Waals surface area contributed by atoms with Gasteiger partial charge >= 0.3 is 0 Å². The molecule has 2 nitrogen and oxygen atoms in total. The van der Waals surface area contributed by atoms with Crippen molar-refractivity contribution in [3.8, 4) is 0 Å². The number of hydrazine groups is 1. The summed E-state index contributed by atoms with van der Waals surface area (Å²) in [7, 11) is 0. The van der Waals surface area contributed by atoms with Gasteiger partial charge in [0.05, 0.1) is 4.34 Å². The fraction of sp³-hybridized carbons (Fsp3) is 0.692. The molecule has 17 heavy (non-hydrogen) atoms. The van der Waals surface area contributed by atoms with Gasteiger partial charge in [0.2, 0.25) is 0 Å². The van der Waals surface area contributed by atoms with Crippen LogP contribution >= 0.6 is 22.9 Å². The van der Waals surface area contributed by atoms with E-state index in [1.54, 1.807) is 11.3 Å². The molecule has 0 aromatic carbocycles. The van der Waals surface area contributed by atoms with Gasteiger partial charge in [-0.1, -0.05) is 39.3 Å². The van der Waals surface area contributed by atoms with Gasteiger partial charge in [-0.25, -0.2) is 0 Å². The Kier molecular flexibility index (Phi) is 3.32. The van der Waals surface area contributed by atoms with Crippen LogP contribution in [0.1, 0.15) is 32.6 Å². The molecule has 3 N–H and O–H groups in total. The van der Waals surface area contributed by atoms with Crippen LogP contribution in [0, 0.1) is 16.7 Å². The van der Waals surface area contributed by atoms with E-state index in [9.17, 15) is 0 Å². The Morgan fingerprint density at radius 1 is 1.35 bits per heavy atom. The molecular formula is C13H21ClN2S. The monoisotopic (exact) mass is 272 g/mol. The molecule has 0 saturated heterocycles. The van der Waals surface area contributed by atoms with Crippen LogP contribution in [0.2, 0.25) is 4.34 Å². The first-order chi connectivity index (χ1) is 7.80. The number of thiophene rings is 1. The van der Waals surface area contributed by atoms with Gasteiger partial charge < -0.3 is 0 Å². The van der Waals surface area contributed by atoms with Gasteiger partial charge in [0.15, 0.2) is 0 Å². The molecule has 1 aliphatic carbocycles. The lowest BCUT2D eigenvalue weighted by molar-refractivity contribution is 0.404. The minimum Gasteiger partial charge on any atom is -0.271 e. The van der Waals surface area contributed by atoms with E-state index in [0.29, 0.717) is 22.8 Å². The predicted octanol–water partition coefficient (Wildman–Crippen LogP) is 3.46. The SMILES string of the molecule is CC1(C)C(C(Cc2ccc(Cl)s2)NN)C1(C)C. The maximum absolute atomic E-state index is 5.96. The number of rotatable bonds is 4. The highest BCUT2D eigenvalue weighted by Crippen LogP contribution is 2.69. The molecular weight excluding hydrogens is 252 g/mol. The van der Waals surface area contributed by atoms with Crippen LogP contribution in [0.4, 0.5) is 0 Å². The molecule has 0 bridgehead atoms. The van der Waals surface area contributed by atoms with Gasteiger partial charge in [0, 0.05) is 10.9 Å². The molecule has 1 aromatic heterocycles. The third-order valence-electron chi connectivity index (χ3n) is 4.80. The van der Waals surface area contributed by atoms with Crippen molar-refractivity contribution in [2.24, 2.45) is 22.6 Å². The summed E-state index contributed by atoms with van der Waals surface area (Å²) in [6.07, 6.45) is 0.964. The van der Waals surface area contributed by atoms with Crippen LogP contribution in [0.3, 0.4) is 0 Å². The van der Waals surface area contributed by atoms with Crippen LogP contribution in [-0.2, 0) is 6.42 Å². The van der Waals surface area contributed by atoms with Gasteiger partial charge in [-0.15, -0.1) is 11.3 Å². The van der Waals surface area contributed by atoms with Crippen molar-refractivity contribution < 1.29 is 0 Å². The molecule has 0 aliphatic heterocycles. The number of hydrogen-bond donors (Lipinski definition) is 2. The van der Waals surface area contributed by atoms with E-state index in [1.165, 1.54) is 4.88 Å². The van der Waals surface area contributed by atoms with Crippen LogP contribution in [0.25, 0.3) is 0 Å². The lowest BCUT2D eigenvalue weighted by Gasteiger charge is -2.17. The van der Waals surface area contributed by atoms with Crippen molar-refractivity contribution in [3.05, 3.63) is 21.3 Å². The molecule has 2 rings (SSSR count). The smallest absolute Gasteiger partial charge is 0.0931 e. The minimum atomic E-state index is 0.328. The second-order valence-electron chi connectivity index (χ2n) is 6.10. The summed E-state index contributed by atoms with van der Waals surface area (Å²) in [6.45, 7) is 9.29. The van der Waals surface area contributed by atoms with Crippen molar-refractivity contribution in [2.45, 2.75) is 40.2 Å². The second-order valence-corrected chi connectivity index (χ2v) is 7.90. The maximum Gasteiger partial charge on any atom is 0.0931 e. The van der Waals surface area contributed by atoms with Crippen molar-refractivity contribution in [2.75, 3.05) is 0 Å². The highest BCUT2D eigenvalue weighted by Gasteiger charge is 2.66. The molecule has 1 saturated carbocycles. The summed E-state index contributed by atoms with van der Waals surface area (Å²) in [4.78, 5) is 1.30. The van der Waals surface area contributed by atoms with E-state index in [2.05, 4.69) is 39.2 Å². The molecule has 96 valence electrons. The van der Waals surface area contributed by atoms with E-state index < -0.39 is 0 Å². The normalized spacial score (nSPS) is 23.6. The van der Waals surface area contributed by atoms with E-state index in [0.717, 1.165) is 10.8 Å². The molecule has 1 fully saturated rings. The van der Waals surface area contributed by atoms with Crippen molar-refractivity contribution >= 4 is 22.9 Å². The number of halogens is 1. The number of nitrogens with two attached hydrogens (primary N) is 1. The minimum absolute atomic E-state index is 0.328. The zero-order chi connectivity index (χ0) is 12.8. The Labute approximate surface area is 113 Å². The molecule has 1 unspecified atom stereocenters. The lowest BCUT2D eigenvalue weighted by atomic mass is 10.0. The lowest BCUT2D eigenvalue weighted by Crippen LogP contribution is -2.40. The Morgan fingerprint density at radius 3 is 2.29 bits per heavy atom. The average molecular weight is 273 g/mol. The molecule has 4 heteroatoms. The van der Waals surface area contributed by atoms with Gasteiger partial charge in [0.25, 0.3) is 0 Å². The second kappa shape index (κ2) is 4.23. The predicted molar refractivity (Wildman–Crippen MR) is 75.2 cm³/mol. The third kappa shape index (κ3) is 2.14. The summed E-state index contributed by atoms with van der Waals surface area (Å²) in [5.74, 6) is 6.34. The van der Waals surface area contributed by atoms with Gasteiger partial charge in [-0.2, -0.15) is 0 Å². The standard InChI is InChI=1S/C13H21ClN2S/c1-12(2)11(13(12,3)4)9(16-15)7-8-5-6-10(14)17-8/h5-6,9,11,16H,7,15H2,1-4H3. The summed E-state index contributed by atoms with van der Waals surface area (Å²) in [5.41, 5.74) is 3.70. The first-order valence-corrected chi connectivity index (χ1v) is 7.20. The molecule has 1 atom stereocenters. The largest absolute Gasteiger partial charge is 0.271 e. The summed E-state index contributed by atoms with van der Waals surface area (Å²) in [6, 6.07) is 4.38. The highest BCUT2D eigenvalue weighted by atomic mass is 35.5. The first kappa shape index (κ1) is 13.3. The molecule has 0 amide bonds. The summed E-state index contributed by atoms with van der Waals surface area (Å²) < 4.78 is 0.852. The molecule has 1 heterocycles. The molecule has 1 aromatic rings. The zero-order valence-corrected chi connectivity index (χ0v) is 12.5. The van der Waals surface area contributed by atoms with E-state index in [1.807, 2.05) is 6.07 Å². The highest BCUT2D eigenvalue weighted by molar-refractivity contribution is 7.16. The van der Waals surface area contributed by atoms with Gasteiger partial charge in [0.1, 0.15) is 0 Å². The number of hydrogen-bond acceptors (Lipinski definition) is 3. The molecule has 0 radical (unpaired) electrons. The topological polar surface area (TPSA) is 38.0 Å². The fourth-order valence-electron chi connectivity index (χ4n) is 3.20. The Hall–Kier alpha value is -0.0900. The Balaban J connectivity index is 2.09. The Morgan fingerprint density at radius 2 is 1.94 bits per heavy atom. The summed E-state index contributed by atoms with van der Waals surface area (Å²) in [5, 5.41) is 0. The van der Waals surface area contributed by atoms with Gasteiger partial charge in [-0.3, -0.25) is 11.3 Å². The van der Waals surface area contributed by atoms with E-state index in [4.69, 9.17) is 17.4 Å². The van der Waals surface area contributed by atoms with Crippen LogP contribution in [-0.4, -0.2) is 6.04 Å². The van der Waals surface area contributed by atoms with Gasteiger partial charge in [-0.05, 0) is 35.3 Å². The van der Waals surface area contributed by atoms with Crippen molar-refractivity contribution in [1.82, 2.24) is 5.43 Å². The number of nitrogens with one attached hydrogen (secondary N) is 1. The van der Waals surface area contributed by atoms with E-state index >= 15 is 0 Å². The third-order valence-corrected chi connectivity index (χ3v) is 6.05. The van der Waals surface area contributed by atoms with Crippen molar-refractivity contribution in [1.29, 1.82) is 0 Å². The van der Waals surface area contributed by atoms with Crippen LogP contribution < -0.4 is 11.3 Å². The maximum atomic E-state index is 5.96. The zero-order valence-electron chi connectivity index (χ0n) is 10.9. The quantitative estimate of drug-likeness (QED) is 0.651. The van der Waals surface area contributed by atoms with Crippen molar-refractivity contribution in [3.63, 3.8) is 0 Å². The summed E-state index contributed by atoms with van der Waals surface area (Å²) >= 11 is 7.61. The molecule has 0 spiro atoms. The van der Waals surface area contributed by atoms with Crippen LogP contribution in [0.15, 0.2) is 12.1 Å². The van der Waals surface area contributed by atoms with E-state index in [-0.39, 0.29) is 0 Å². The average Bonchev–Trinajstić information content (AvgIpc) is 2.55. The van der Waals surface area contributed by atoms with Crippen LogP contribution in [0.5, 0.6) is 0 Å². The fourth-order valence-corrected chi connectivity index (χ4v) is 4.35.